The lowest BCUT2D eigenvalue weighted by Gasteiger charge is -2.39. The van der Waals surface area contributed by atoms with Crippen molar-refractivity contribution in [1.82, 2.24) is 14.9 Å². The van der Waals surface area contributed by atoms with Crippen molar-refractivity contribution >= 4 is 50.9 Å². The molecule has 7 nitrogen and oxygen atoms in total. The molecule has 2 aromatic heterocycles. The lowest BCUT2D eigenvalue weighted by molar-refractivity contribution is -0.146. The van der Waals surface area contributed by atoms with Crippen LogP contribution >= 0.6 is 23.2 Å². The Kier molecular flexibility index (Phi) is 7.11. The minimum Gasteiger partial charge on any atom is -0.387 e. The molecule has 4 fully saturated rings. The number of carbonyl (C=O) groups excluding carboxylic acids is 1. The summed E-state index contributed by atoms with van der Waals surface area (Å²) in [7, 11) is 0. The number of likely N-dealkylation sites (tertiary alicyclic amines) is 1. The first-order valence-electron chi connectivity index (χ1n) is 15.9. The van der Waals surface area contributed by atoms with Gasteiger partial charge in [0.25, 0.3) is 5.91 Å². The summed E-state index contributed by atoms with van der Waals surface area (Å²) in [5.41, 5.74) is 0.849. The second-order valence-electron chi connectivity index (χ2n) is 13.4. The van der Waals surface area contributed by atoms with Gasteiger partial charge < -0.3 is 19.7 Å². The van der Waals surface area contributed by atoms with E-state index in [4.69, 9.17) is 27.9 Å². The maximum atomic E-state index is 16.8. The normalized spacial score (nSPS) is 25.4. The summed E-state index contributed by atoms with van der Waals surface area (Å²) in [5.74, 6) is -1.14. The molecule has 11 heteroatoms. The van der Waals surface area contributed by atoms with E-state index in [9.17, 15) is 15.2 Å². The summed E-state index contributed by atoms with van der Waals surface area (Å²) in [6.45, 7) is 1.57. The Morgan fingerprint density at radius 3 is 2.74 bits per heavy atom. The molecule has 3 heterocycles. The van der Waals surface area contributed by atoms with Crippen LogP contribution in [0, 0.1) is 23.1 Å². The number of amides is 1. The molecule has 0 spiro atoms. The lowest BCUT2D eigenvalue weighted by atomic mass is 9.92. The van der Waals surface area contributed by atoms with Gasteiger partial charge in [-0.3, -0.25) is 4.79 Å². The van der Waals surface area contributed by atoms with Crippen molar-refractivity contribution in [3.05, 3.63) is 63.1 Å². The highest BCUT2D eigenvalue weighted by molar-refractivity contribution is 6.43. The van der Waals surface area contributed by atoms with Gasteiger partial charge in [-0.2, -0.15) is 5.26 Å². The third kappa shape index (κ3) is 4.71. The van der Waals surface area contributed by atoms with Crippen molar-refractivity contribution in [2.24, 2.45) is 5.92 Å². The van der Waals surface area contributed by atoms with Crippen molar-refractivity contribution < 1.29 is 23.4 Å². The molecule has 5 atom stereocenters. The summed E-state index contributed by atoms with van der Waals surface area (Å²) in [4.78, 5) is 23.5. The maximum absolute atomic E-state index is 16.8. The molecule has 238 valence electrons. The SMILES string of the molecule is CC(O)c1nc2c(F)c(-c3cccc(Cl)c3Cl)c(CCC#N)cc2c2[nH]c(C3C4CC(CC4OC4CC4)N3C(=O)C3(F)CC3)cc12. The van der Waals surface area contributed by atoms with Crippen molar-refractivity contribution in [2.45, 2.75) is 94.4 Å². The van der Waals surface area contributed by atoms with Crippen LogP contribution in [-0.2, 0) is 16.0 Å². The maximum Gasteiger partial charge on any atom is 0.261 e. The minimum atomic E-state index is -1.82. The van der Waals surface area contributed by atoms with Crippen molar-refractivity contribution in [3.8, 4) is 17.2 Å². The minimum absolute atomic E-state index is 0.0278. The number of ether oxygens (including phenoxy) is 1. The van der Waals surface area contributed by atoms with Gasteiger partial charge in [0.1, 0.15) is 5.52 Å². The molecule has 4 aliphatic rings. The summed E-state index contributed by atoms with van der Waals surface area (Å²) >= 11 is 12.9. The quantitative estimate of drug-likeness (QED) is 0.198. The van der Waals surface area contributed by atoms with Gasteiger partial charge in [0, 0.05) is 46.0 Å². The highest BCUT2D eigenvalue weighted by atomic mass is 35.5. The predicted octanol–water partition coefficient (Wildman–Crippen LogP) is 8.05. The van der Waals surface area contributed by atoms with Crippen molar-refractivity contribution in [1.29, 1.82) is 5.26 Å². The number of hydrogen-bond acceptors (Lipinski definition) is 5. The first-order valence-corrected chi connectivity index (χ1v) is 16.7. The van der Waals surface area contributed by atoms with Gasteiger partial charge in [0.15, 0.2) is 11.5 Å². The number of H-pyrrole nitrogens is 1. The number of fused-ring (bicyclic) bond motifs is 5. The number of rotatable bonds is 8. The van der Waals surface area contributed by atoms with Crippen LogP contribution in [0.5, 0.6) is 0 Å². The van der Waals surface area contributed by atoms with Crippen LogP contribution in [0.1, 0.15) is 81.0 Å². The van der Waals surface area contributed by atoms with E-state index < -0.39 is 29.5 Å². The van der Waals surface area contributed by atoms with Gasteiger partial charge in [-0.05, 0) is 75.6 Å². The van der Waals surface area contributed by atoms with Crippen LogP contribution in [0.25, 0.3) is 32.9 Å². The number of aromatic amines is 1. The number of nitrogens with zero attached hydrogens (tertiary/aromatic N) is 3. The van der Waals surface area contributed by atoms with E-state index >= 15 is 8.78 Å². The number of aryl methyl sites for hydroxylation is 1. The number of alkyl halides is 1. The van der Waals surface area contributed by atoms with E-state index in [0.29, 0.717) is 39.5 Å². The van der Waals surface area contributed by atoms with Crippen LogP contribution < -0.4 is 0 Å². The van der Waals surface area contributed by atoms with Gasteiger partial charge in [-0.15, -0.1) is 0 Å². The highest BCUT2D eigenvalue weighted by Crippen LogP contribution is 2.56. The Balaban J connectivity index is 1.33. The molecule has 0 radical (unpaired) electrons. The number of halogens is 4. The summed E-state index contributed by atoms with van der Waals surface area (Å²) < 4.78 is 38.5. The Bertz CT molecular complexity index is 1970. The van der Waals surface area contributed by atoms with E-state index in [1.807, 2.05) is 12.1 Å². The summed E-state index contributed by atoms with van der Waals surface area (Å²) in [6.07, 6.45) is 3.46. The summed E-state index contributed by atoms with van der Waals surface area (Å²) in [6, 6.07) is 10.2. The molecule has 2 N–H and O–H groups in total. The fraction of sp³-hybridized carbons (Fsp3) is 0.457. The van der Waals surface area contributed by atoms with Gasteiger partial charge in [-0.25, -0.2) is 13.8 Å². The second-order valence-corrected chi connectivity index (χ2v) is 14.1. The van der Waals surface area contributed by atoms with Crippen LogP contribution in [0.15, 0.2) is 30.3 Å². The van der Waals surface area contributed by atoms with Crippen LogP contribution in [0.3, 0.4) is 0 Å². The molecule has 2 bridgehead atoms. The van der Waals surface area contributed by atoms with E-state index in [1.165, 1.54) is 0 Å². The standard InChI is InChI=1S/C35H32Cl2F2N4O3/c1-16(44)30-23-15-25(33-21-13-18(14-26(21)46-19-7-8-19)43(33)34(45)35(39)9-10-35)41-31(23)22-12-17(4-3-11-40)27(29(38)32(22)42-30)20-5-2-6-24(36)28(20)37/h2,5-6,12,15-16,18-19,21,26,33,41,44H,3-4,7-10,13-14H2,1H3. The largest absolute Gasteiger partial charge is 0.387 e. The number of piperidine rings is 1. The number of nitrogens with one attached hydrogen (secondary N) is 1. The number of pyridine rings is 1. The molecule has 3 saturated carbocycles. The molecule has 5 unspecified atom stereocenters. The van der Waals surface area contributed by atoms with Gasteiger partial charge >= 0.3 is 0 Å². The van der Waals surface area contributed by atoms with E-state index in [2.05, 4.69) is 16.0 Å². The fourth-order valence-corrected chi connectivity index (χ4v) is 8.14. The molecule has 8 rings (SSSR count). The molecular formula is C35H32Cl2F2N4O3. The number of hydrogen-bond donors (Lipinski definition) is 2. The smallest absolute Gasteiger partial charge is 0.261 e. The molecular weight excluding hydrogens is 633 g/mol. The Labute approximate surface area is 274 Å². The van der Waals surface area contributed by atoms with Crippen molar-refractivity contribution in [2.75, 3.05) is 0 Å². The number of aliphatic hydroxyl groups excluding tert-OH is 1. The third-order valence-electron chi connectivity index (χ3n) is 10.2. The molecule has 2 aromatic carbocycles. The average Bonchev–Trinajstić information content (AvgIpc) is 3.86. The Hall–Kier alpha value is -3.29. The Morgan fingerprint density at radius 2 is 2.04 bits per heavy atom. The first kappa shape index (κ1) is 30.1. The first-order chi connectivity index (χ1) is 22.1. The number of aliphatic hydroxyl groups is 1. The number of aromatic nitrogens is 2. The predicted molar refractivity (Wildman–Crippen MR) is 171 cm³/mol. The number of carbonyl (C=O) groups is 1. The lowest BCUT2D eigenvalue weighted by Crippen LogP contribution is -2.48. The summed E-state index contributed by atoms with van der Waals surface area (Å²) in [5, 5.41) is 21.8. The molecule has 1 aliphatic heterocycles. The zero-order valence-electron chi connectivity index (χ0n) is 25.1. The molecule has 1 saturated heterocycles. The molecule has 1 amide bonds. The third-order valence-corrected chi connectivity index (χ3v) is 11.0. The Morgan fingerprint density at radius 1 is 1.26 bits per heavy atom. The van der Waals surface area contributed by atoms with Gasteiger partial charge in [-0.1, -0.05) is 35.3 Å². The van der Waals surface area contributed by atoms with E-state index in [0.717, 1.165) is 19.3 Å². The van der Waals surface area contributed by atoms with Crippen LogP contribution in [0.4, 0.5) is 8.78 Å². The molecule has 4 aromatic rings. The van der Waals surface area contributed by atoms with E-state index in [-0.39, 0.29) is 76.7 Å². The average molecular weight is 666 g/mol. The zero-order valence-corrected chi connectivity index (χ0v) is 26.6. The highest BCUT2D eigenvalue weighted by Gasteiger charge is 2.62. The van der Waals surface area contributed by atoms with Crippen molar-refractivity contribution in [3.63, 3.8) is 0 Å². The topological polar surface area (TPSA) is 102 Å². The van der Waals surface area contributed by atoms with Crippen LogP contribution in [0.2, 0.25) is 10.0 Å². The number of nitriles is 1. The second kappa shape index (κ2) is 10.9. The monoisotopic (exact) mass is 664 g/mol. The van der Waals surface area contributed by atoms with Crippen LogP contribution in [-0.4, -0.2) is 49.8 Å². The molecule has 46 heavy (non-hydrogen) atoms. The van der Waals surface area contributed by atoms with Gasteiger partial charge in [0.2, 0.25) is 0 Å². The fourth-order valence-electron chi connectivity index (χ4n) is 7.75. The number of benzene rings is 2. The molecule has 3 aliphatic carbocycles. The zero-order chi connectivity index (χ0) is 32.1. The van der Waals surface area contributed by atoms with E-state index in [1.54, 1.807) is 30.0 Å². The van der Waals surface area contributed by atoms with Gasteiger partial charge in [0.05, 0.1) is 51.7 Å².